The van der Waals surface area contributed by atoms with Crippen LogP contribution < -0.4 is 5.56 Å². The van der Waals surface area contributed by atoms with Gasteiger partial charge in [-0.2, -0.15) is 18.3 Å². The first-order valence-corrected chi connectivity index (χ1v) is 12.3. The molecule has 1 aliphatic heterocycles. The summed E-state index contributed by atoms with van der Waals surface area (Å²) in [6.07, 6.45) is 1.68. The van der Waals surface area contributed by atoms with Crippen LogP contribution in [0, 0.1) is 11.8 Å². The zero-order chi connectivity index (χ0) is 25.0. The molecule has 3 aliphatic rings. The van der Waals surface area contributed by atoms with Crippen molar-refractivity contribution in [2.24, 2.45) is 11.8 Å². The highest BCUT2D eigenvalue weighted by Gasteiger charge is 2.44. The summed E-state index contributed by atoms with van der Waals surface area (Å²) >= 11 is 0. The number of nitrogens with one attached hydrogen (secondary N) is 1. The van der Waals surface area contributed by atoms with Gasteiger partial charge in [0.25, 0.3) is 5.56 Å². The van der Waals surface area contributed by atoms with E-state index in [9.17, 15) is 27.6 Å². The van der Waals surface area contributed by atoms with E-state index in [1.54, 1.807) is 0 Å². The lowest BCUT2D eigenvalue weighted by Gasteiger charge is -2.41. The van der Waals surface area contributed by atoms with E-state index >= 15 is 0 Å². The first-order valence-electron chi connectivity index (χ1n) is 12.3. The average molecular weight is 485 g/mol. The molecule has 1 unspecified atom stereocenters. The maximum atomic E-state index is 13.0. The largest absolute Gasteiger partial charge is 0.422 e. The summed E-state index contributed by atoms with van der Waals surface area (Å²) in [6.45, 7) is 8.84. The number of likely N-dealkylation sites (tertiary alicyclic amines) is 1. The molecule has 0 radical (unpaired) electrons. The molecule has 2 fully saturated rings. The Labute approximate surface area is 198 Å². The first-order chi connectivity index (χ1) is 16.1. The fourth-order valence-corrected chi connectivity index (χ4v) is 4.67. The zero-order valence-corrected chi connectivity index (χ0v) is 20.2. The number of aromatic nitrogens is 2. The Kier molecular flexibility index (Phi) is 8.54. The highest BCUT2D eigenvalue weighted by atomic mass is 19.4. The average Bonchev–Trinajstić information content (AvgIpc) is 3.50. The molecule has 0 bridgehead atoms. The number of carbonyl (C=O) groups excluding carboxylic acids is 2. The van der Waals surface area contributed by atoms with Crippen molar-refractivity contribution in [1.82, 2.24) is 20.0 Å². The molecule has 1 amide bonds. The van der Waals surface area contributed by atoms with Crippen molar-refractivity contribution in [3.05, 3.63) is 27.2 Å². The number of hydrogen-bond acceptors (Lipinski definition) is 5. The molecule has 0 aromatic carbocycles. The lowest BCUT2D eigenvalue weighted by Crippen LogP contribution is -2.51. The molecule has 0 spiro atoms. The van der Waals surface area contributed by atoms with Gasteiger partial charge in [0.15, 0.2) is 0 Å². The SMILES string of the molecule is CC(=O)C1CN(C2CCc3c2n[nH]c(=O)c3C(F)(F)F)C1.CCCCN(CCC)C(=O)C1CC1. The Hall–Kier alpha value is -2.23. The smallest absolute Gasteiger partial charge is 0.342 e. The number of ketones is 1. The Morgan fingerprint density at radius 1 is 1.09 bits per heavy atom. The summed E-state index contributed by atoms with van der Waals surface area (Å²) in [6, 6.07) is -0.242. The van der Waals surface area contributed by atoms with E-state index in [0.717, 1.165) is 38.8 Å². The summed E-state index contributed by atoms with van der Waals surface area (Å²) < 4.78 is 39.0. The van der Waals surface area contributed by atoms with Gasteiger partial charge in [0, 0.05) is 38.0 Å². The number of Topliss-reactive ketones (excluding diaryl/α,β-unsaturated/α-hetero) is 1. The molecule has 2 aliphatic carbocycles. The maximum Gasteiger partial charge on any atom is 0.422 e. The molecule has 1 atom stereocenters. The lowest BCUT2D eigenvalue weighted by atomic mass is 9.93. The van der Waals surface area contributed by atoms with Crippen LogP contribution in [0.15, 0.2) is 4.79 Å². The third-order valence-corrected chi connectivity index (χ3v) is 6.82. The normalized spacial score (nSPS) is 20.2. The van der Waals surface area contributed by atoms with Gasteiger partial charge in [-0.3, -0.25) is 19.3 Å². The van der Waals surface area contributed by atoms with Gasteiger partial charge in [0.05, 0.1) is 11.7 Å². The van der Waals surface area contributed by atoms with Crippen molar-refractivity contribution >= 4 is 11.7 Å². The minimum atomic E-state index is -4.67. The van der Waals surface area contributed by atoms with Gasteiger partial charge >= 0.3 is 6.18 Å². The molecule has 4 rings (SSSR count). The van der Waals surface area contributed by atoms with Gasteiger partial charge in [0.1, 0.15) is 11.3 Å². The van der Waals surface area contributed by atoms with Crippen molar-refractivity contribution in [3.8, 4) is 0 Å². The second-order valence-electron chi connectivity index (χ2n) is 9.56. The third-order valence-electron chi connectivity index (χ3n) is 6.82. The number of rotatable bonds is 8. The number of aromatic amines is 1. The summed E-state index contributed by atoms with van der Waals surface area (Å²) in [7, 11) is 0. The summed E-state index contributed by atoms with van der Waals surface area (Å²) in [4.78, 5) is 38.4. The van der Waals surface area contributed by atoms with Gasteiger partial charge in [-0.05, 0) is 51.0 Å². The molecule has 7 nitrogen and oxygen atoms in total. The lowest BCUT2D eigenvalue weighted by molar-refractivity contribution is -0.139. The van der Waals surface area contributed by atoms with Crippen LogP contribution in [0.25, 0.3) is 0 Å². The van der Waals surface area contributed by atoms with Crippen LogP contribution in [-0.4, -0.2) is 57.9 Å². The Morgan fingerprint density at radius 2 is 1.76 bits per heavy atom. The third kappa shape index (κ3) is 6.06. The van der Waals surface area contributed by atoms with Crippen LogP contribution in [0.3, 0.4) is 0 Å². The van der Waals surface area contributed by atoms with Gasteiger partial charge in [0.2, 0.25) is 5.91 Å². The van der Waals surface area contributed by atoms with E-state index < -0.39 is 17.3 Å². The predicted octanol–water partition coefficient (Wildman–Crippen LogP) is 3.73. The molecule has 1 aromatic heterocycles. The van der Waals surface area contributed by atoms with Crippen molar-refractivity contribution < 1.29 is 22.8 Å². The molecule has 10 heteroatoms. The van der Waals surface area contributed by atoms with E-state index in [1.165, 1.54) is 13.3 Å². The highest BCUT2D eigenvalue weighted by Crippen LogP contribution is 2.41. The van der Waals surface area contributed by atoms with E-state index in [4.69, 9.17) is 0 Å². The van der Waals surface area contributed by atoms with Crippen LogP contribution in [-0.2, 0) is 22.2 Å². The van der Waals surface area contributed by atoms with E-state index in [0.29, 0.717) is 37.0 Å². The van der Waals surface area contributed by atoms with E-state index in [1.807, 2.05) is 10.00 Å². The van der Waals surface area contributed by atoms with Gasteiger partial charge in [-0.15, -0.1) is 0 Å². The number of amides is 1. The monoisotopic (exact) mass is 484 g/mol. The van der Waals surface area contributed by atoms with Crippen LogP contribution in [0.4, 0.5) is 13.2 Å². The quantitative estimate of drug-likeness (QED) is 0.608. The Balaban J connectivity index is 0.000000215. The zero-order valence-electron chi connectivity index (χ0n) is 20.2. The minimum Gasteiger partial charge on any atom is -0.342 e. The van der Waals surface area contributed by atoms with Crippen molar-refractivity contribution in [1.29, 1.82) is 0 Å². The van der Waals surface area contributed by atoms with E-state index in [2.05, 4.69) is 23.8 Å². The number of hydrogen-bond donors (Lipinski definition) is 1. The van der Waals surface area contributed by atoms with Crippen LogP contribution >= 0.6 is 0 Å². The van der Waals surface area contributed by atoms with E-state index in [-0.39, 0.29) is 29.7 Å². The summed E-state index contributed by atoms with van der Waals surface area (Å²) in [5, 5.41) is 5.78. The molecule has 190 valence electrons. The number of carbonyl (C=O) groups is 2. The minimum absolute atomic E-state index is 0.00234. The van der Waals surface area contributed by atoms with Crippen molar-refractivity contribution in [2.75, 3.05) is 26.2 Å². The van der Waals surface area contributed by atoms with Crippen LogP contribution in [0.1, 0.15) is 82.2 Å². The maximum absolute atomic E-state index is 13.0. The number of fused-ring (bicyclic) bond motifs is 1. The Morgan fingerprint density at radius 3 is 2.29 bits per heavy atom. The van der Waals surface area contributed by atoms with Crippen molar-refractivity contribution in [2.45, 2.75) is 77.9 Å². The second kappa shape index (κ2) is 11.0. The topological polar surface area (TPSA) is 86.4 Å². The van der Waals surface area contributed by atoms with Gasteiger partial charge in [-0.25, -0.2) is 5.10 Å². The first kappa shape index (κ1) is 26.4. The van der Waals surface area contributed by atoms with Gasteiger partial charge < -0.3 is 4.90 Å². The number of nitrogens with zero attached hydrogens (tertiary/aromatic N) is 3. The Bertz CT molecular complexity index is 936. The number of H-pyrrole nitrogens is 1. The summed E-state index contributed by atoms with van der Waals surface area (Å²) in [5.74, 6) is 0.854. The molecule has 1 saturated carbocycles. The van der Waals surface area contributed by atoms with Gasteiger partial charge in [-0.1, -0.05) is 20.3 Å². The molecule has 2 heterocycles. The second-order valence-corrected chi connectivity index (χ2v) is 9.56. The number of unbranched alkanes of at least 4 members (excludes halogenated alkanes) is 1. The fourth-order valence-electron chi connectivity index (χ4n) is 4.67. The highest BCUT2D eigenvalue weighted by molar-refractivity contribution is 5.81. The summed E-state index contributed by atoms with van der Waals surface area (Å²) in [5.41, 5.74) is -2.02. The van der Waals surface area contributed by atoms with Crippen LogP contribution in [0.2, 0.25) is 0 Å². The molecule has 34 heavy (non-hydrogen) atoms. The molecular weight excluding hydrogens is 449 g/mol. The molecule has 1 saturated heterocycles. The molecule has 1 N–H and O–H groups in total. The standard InChI is InChI=1S/C13H14F3N3O2.C11H21NO/c1-6(20)7-4-19(5-7)9-3-2-8-10(13(14,15)16)12(21)18-17-11(8)9;1-3-5-9-12(8-4-2)11(13)10-6-7-10/h7,9H,2-5H2,1H3,(H,18,21);10H,3-9H2,1-2H3. The fraction of sp³-hybridized carbons (Fsp3) is 0.750. The predicted molar refractivity (Wildman–Crippen MR) is 121 cm³/mol. The molecule has 1 aromatic rings. The number of halogens is 3. The van der Waals surface area contributed by atoms with Crippen molar-refractivity contribution in [3.63, 3.8) is 0 Å². The van der Waals surface area contributed by atoms with Crippen LogP contribution in [0.5, 0.6) is 0 Å². The number of alkyl halides is 3. The molecular formula is C24H35F3N4O3.